The Kier molecular flexibility index (Phi) is 21.3. The molecule has 2 aromatic rings. The van der Waals surface area contributed by atoms with Crippen molar-refractivity contribution >= 4 is 29.2 Å². The van der Waals surface area contributed by atoms with Crippen molar-refractivity contribution < 1.29 is 65.8 Å². The van der Waals surface area contributed by atoms with E-state index < -0.39 is 23.7 Å². The summed E-state index contributed by atoms with van der Waals surface area (Å²) in [4.78, 5) is 34.3. The number of anilines is 2. The number of halogens is 3. The van der Waals surface area contributed by atoms with Crippen molar-refractivity contribution in [3.05, 3.63) is 59.7 Å². The summed E-state index contributed by atoms with van der Waals surface area (Å²) in [5.74, 6) is -1.93. The topological polar surface area (TPSA) is 160 Å². The Morgan fingerprint density at radius 2 is 1.18 bits per heavy atom. The summed E-state index contributed by atoms with van der Waals surface area (Å²) in [7, 11) is 0. The summed E-state index contributed by atoms with van der Waals surface area (Å²) in [6, 6.07) is 11.1. The van der Waals surface area contributed by atoms with Crippen LogP contribution < -0.4 is 10.6 Å². The van der Waals surface area contributed by atoms with Gasteiger partial charge in [-0.15, -0.1) is 0 Å². The lowest BCUT2D eigenvalue weighted by Gasteiger charge is -2.13. The Morgan fingerprint density at radius 1 is 0.653 bits per heavy atom. The zero-order valence-corrected chi connectivity index (χ0v) is 27.3. The molecule has 0 unspecified atom stereocenters. The van der Waals surface area contributed by atoms with Gasteiger partial charge in [0, 0.05) is 25.3 Å². The minimum atomic E-state index is -4.48. The van der Waals surface area contributed by atoms with E-state index in [0.717, 1.165) is 12.1 Å². The van der Waals surface area contributed by atoms with E-state index in [-0.39, 0.29) is 49.8 Å². The molecule has 1 amide bonds. The number of alkyl halides is 3. The van der Waals surface area contributed by atoms with Crippen molar-refractivity contribution in [3.63, 3.8) is 0 Å². The van der Waals surface area contributed by atoms with Crippen molar-refractivity contribution in [3.8, 4) is 0 Å². The number of carboxylic acid groups (broad SMARTS) is 1. The number of carbonyl (C=O) groups excluding carboxylic acids is 2. The number of amides is 1. The second-order valence-corrected chi connectivity index (χ2v) is 10.2. The predicted octanol–water partition coefficient (Wildman–Crippen LogP) is 4.08. The molecule has 0 bridgehead atoms. The second-order valence-electron chi connectivity index (χ2n) is 10.2. The van der Waals surface area contributed by atoms with Gasteiger partial charge in [0.2, 0.25) is 5.91 Å². The average Bonchev–Trinajstić information content (AvgIpc) is 3.07. The van der Waals surface area contributed by atoms with Gasteiger partial charge in [-0.3, -0.25) is 9.59 Å². The van der Waals surface area contributed by atoms with Gasteiger partial charge in [0.1, 0.15) is 6.61 Å². The van der Waals surface area contributed by atoms with Gasteiger partial charge in [0.25, 0.3) is 0 Å². The second kappa shape index (κ2) is 25.2. The molecule has 2 rings (SSSR count). The Labute approximate surface area is 283 Å². The molecule has 49 heavy (non-hydrogen) atoms. The summed E-state index contributed by atoms with van der Waals surface area (Å²) in [5.41, 5.74) is -0.125. The average molecular weight is 703 g/mol. The number of rotatable bonds is 28. The smallest absolute Gasteiger partial charge is 0.416 e. The zero-order valence-electron chi connectivity index (χ0n) is 27.3. The Balaban J connectivity index is 1.36. The molecule has 0 radical (unpaired) electrons. The molecule has 274 valence electrons. The van der Waals surface area contributed by atoms with Crippen LogP contribution in [-0.2, 0) is 48.9 Å². The molecule has 0 aliphatic heterocycles. The van der Waals surface area contributed by atoms with Crippen molar-refractivity contribution in [1.82, 2.24) is 5.32 Å². The number of aliphatic carboxylic acids is 1. The predicted molar refractivity (Wildman–Crippen MR) is 171 cm³/mol. The maximum atomic E-state index is 13.0. The number of hydrogen-bond acceptors (Lipinski definition) is 11. The van der Waals surface area contributed by atoms with Crippen LogP contribution in [0.1, 0.15) is 35.2 Å². The molecule has 0 aliphatic carbocycles. The summed E-state index contributed by atoms with van der Waals surface area (Å²) in [6.07, 6.45) is -4.08. The highest BCUT2D eigenvalue weighted by Crippen LogP contribution is 2.32. The summed E-state index contributed by atoms with van der Waals surface area (Å²) in [6.45, 7) is 4.85. The number of carboxylic acids is 1. The van der Waals surface area contributed by atoms with E-state index in [0.29, 0.717) is 84.7 Å². The normalized spacial score (nSPS) is 11.3. The molecule has 0 saturated carbocycles. The van der Waals surface area contributed by atoms with Gasteiger partial charge in [-0.2, -0.15) is 13.2 Å². The fourth-order valence-corrected chi connectivity index (χ4v) is 3.88. The summed E-state index contributed by atoms with van der Waals surface area (Å²) in [5, 5.41) is 14.0. The molecule has 0 spiro atoms. The van der Waals surface area contributed by atoms with E-state index >= 15 is 0 Å². The van der Waals surface area contributed by atoms with Gasteiger partial charge >= 0.3 is 18.1 Å². The summed E-state index contributed by atoms with van der Waals surface area (Å²) >= 11 is 0. The van der Waals surface area contributed by atoms with Crippen LogP contribution in [0.3, 0.4) is 0 Å². The number of hydrogen-bond donors (Lipinski definition) is 3. The minimum Gasteiger partial charge on any atom is -0.481 e. The van der Waals surface area contributed by atoms with Crippen molar-refractivity contribution in [2.24, 2.45) is 0 Å². The highest BCUT2D eigenvalue weighted by Gasteiger charge is 2.30. The zero-order chi connectivity index (χ0) is 35.6. The quantitative estimate of drug-likeness (QED) is 0.0863. The lowest BCUT2D eigenvalue weighted by atomic mass is 10.1. The Morgan fingerprint density at radius 3 is 1.73 bits per heavy atom. The molecule has 0 heterocycles. The first-order valence-electron chi connectivity index (χ1n) is 15.8. The number of ether oxygens (including phenoxy) is 7. The molecule has 0 fully saturated rings. The largest absolute Gasteiger partial charge is 0.481 e. The van der Waals surface area contributed by atoms with Crippen molar-refractivity contribution in [2.75, 3.05) is 97.8 Å². The molecule has 0 saturated heterocycles. The molecular weight excluding hydrogens is 657 g/mol. The highest BCUT2D eigenvalue weighted by atomic mass is 19.4. The maximum absolute atomic E-state index is 13.0. The van der Waals surface area contributed by atoms with E-state index in [1.807, 2.05) is 0 Å². The first-order chi connectivity index (χ1) is 23.7. The number of benzene rings is 2. The summed E-state index contributed by atoms with van der Waals surface area (Å²) < 4.78 is 76.8. The molecule has 13 nitrogen and oxygen atoms in total. The van der Waals surface area contributed by atoms with Crippen LogP contribution in [0.5, 0.6) is 0 Å². The maximum Gasteiger partial charge on any atom is 0.416 e. The standard InChI is InChI=1S/C33H45F3N2O11/c34-33(35,36)26-5-3-6-27(25-26)38-29-8-2-1-7-28(29)32(42)49-24-23-48-22-21-47-20-19-46-18-17-45-16-15-44-14-13-43-12-4-11-37-30(39)9-10-31(40)41/h1-3,5-8,25,38H,4,9-24H2,(H,37,39)(H,40,41). The van der Waals surface area contributed by atoms with Crippen LogP contribution in [0.2, 0.25) is 0 Å². The fraction of sp³-hybridized carbons (Fsp3) is 0.545. The van der Waals surface area contributed by atoms with Crippen LogP contribution in [0, 0.1) is 0 Å². The van der Waals surface area contributed by atoms with E-state index in [1.165, 1.54) is 18.2 Å². The van der Waals surface area contributed by atoms with E-state index in [1.54, 1.807) is 18.2 Å². The van der Waals surface area contributed by atoms with Gasteiger partial charge in [0.05, 0.1) is 95.9 Å². The molecule has 0 aromatic heterocycles. The third-order valence-corrected chi connectivity index (χ3v) is 6.29. The van der Waals surface area contributed by atoms with Gasteiger partial charge < -0.3 is 48.9 Å². The molecular formula is C33H45F3N2O11. The van der Waals surface area contributed by atoms with Gasteiger partial charge in [-0.1, -0.05) is 18.2 Å². The minimum absolute atomic E-state index is 0.0133. The highest BCUT2D eigenvalue weighted by molar-refractivity contribution is 5.96. The number of carbonyl (C=O) groups is 3. The Hall–Kier alpha value is -3.80. The number of nitrogens with one attached hydrogen (secondary N) is 2. The van der Waals surface area contributed by atoms with Crippen LogP contribution in [-0.4, -0.2) is 115 Å². The van der Waals surface area contributed by atoms with Crippen molar-refractivity contribution in [2.45, 2.75) is 25.4 Å². The van der Waals surface area contributed by atoms with Crippen LogP contribution in [0.15, 0.2) is 48.5 Å². The SMILES string of the molecule is O=C(O)CCC(=O)NCCCOCCOCCOCCOCCOCCOCCOC(=O)c1ccccc1Nc1cccc(C(F)(F)F)c1. The lowest BCUT2D eigenvalue weighted by Crippen LogP contribution is -2.25. The molecule has 0 aliphatic rings. The number of para-hydroxylation sites is 1. The molecule has 16 heteroatoms. The van der Waals surface area contributed by atoms with Gasteiger partial charge in [-0.05, 0) is 36.8 Å². The monoisotopic (exact) mass is 702 g/mol. The van der Waals surface area contributed by atoms with Gasteiger partial charge in [-0.25, -0.2) is 4.79 Å². The Bertz CT molecular complexity index is 1230. The first kappa shape index (κ1) is 41.4. The lowest BCUT2D eigenvalue weighted by molar-refractivity contribution is -0.139. The number of esters is 1. The molecule has 2 aromatic carbocycles. The third-order valence-electron chi connectivity index (χ3n) is 6.29. The first-order valence-corrected chi connectivity index (χ1v) is 15.8. The van der Waals surface area contributed by atoms with Crippen LogP contribution >= 0.6 is 0 Å². The van der Waals surface area contributed by atoms with Gasteiger partial charge in [0.15, 0.2) is 0 Å². The van der Waals surface area contributed by atoms with Crippen LogP contribution in [0.4, 0.5) is 24.5 Å². The van der Waals surface area contributed by atoms with E-state index in [4.69, 9.17) is 38.3 Å². The van der Waals surface area contributed by atoms with Crippen LogP contribution in [0.25, 0.3) is 0 Å². The fourth-order valence-electron chi connectivity index (χ4n) is 3.88. The van der Waals surface area contributed by atoms with E-state index in [9.17, 15) is 27.6 Å². The van der Waals surface area contributed by atoms with E-state index in [2.05, 4.69) is 10.6 Å². The molecule has 3 N–H and O–H groups in total. The van der Waals surface area contributed by atoms with Crippen molar-refractivity contribution in [1.29, 1.82) is 0 Å². The molecule has 0 atom stereocenters. The third kappa shape index (κ3) is 20.3.